The van der Waals surface area contributed by atoms with Gasteiger partial charge in [-0.05, 0) is 123 Å². The number of aromatic hydroxyl groups is 6. The van der Waals surface area contributed by atoms with Crippen LogP contribution in [-0.4, -0.2) is 56.9 Å². The molecule has 0 fully saturated rings. The smallest absolute Gasteiger partial charge is 0.135 e. The highest BCUT2D eigenvalue weighted by molar-refractivity contribution is 6.13. The molecule has 6 aromatic carbocycles. The second-order valence-corrected chi connectivity index (χ2v) is 15.8. The van der Waals surface area contributed by atoms with Gasteiger partial charge in [-0.1, -0.05) is 12.1 Å². The van der Waals surface area contributed by atoms with Gasteiger partial charge in [0.1, 0.15) is 46.0 Å². The molecule has 290 valence electrons. The molecule has 8 rings (SSSR count). The standard InChI is InChI=1S/C46H48N2O8/c1-19-9-25-27(41-31-13-21(3)47-23(5)39(31)33(49)17-35(41)51)15-29(45(53)43(25)37(11-19)55-7)30-16-28(26-10-20(2)12-38(56-8)44(26)46(30)54)42-32-14-22(4)48-24(6)40(32)34(50)18-36(42)52/h9-12,15-18,21-24,47-54H,13-14H2,1-8H3/t21?,22?,23-,24-/m0/s1. The van der Waals surface area contributed by atoms with Crippen molar-refractivity contribution in [2.45, 2.75) is 78.6 Å². The first-order valence-electron chi connectivity index (χ1n) is 19.0. The number of fused-ring (bicyclic) bond motifs is 4. The Bertz CT molecular complexity index is 2450. The first-order valence-corrected chi connectivity index (χ1v) is 19.0. The lowest BCUT2D eigenvalue weighted by Gasteiger charge is -2.32. The molecule has 0 amide bonds. The lowest BCUT2D eigenvalue weighted by molar-refractivity contribution is 0.401. The fourth-order valence-corrected chi connectivity index (χ4v) is 9.60. The zero-order valence-corrected chi connectivity index (χ0v) is 32.8. The number of phenolic OH excluding ortho intramolecular Hbond substituents is 6. The van der Waals surface area contributed by atoms with E-state index in [-0.39, 0.29) is 69.8 Å². The van der Waals surface area contributed by atoms with E-state index in [9.17, 15) is 30.6 Å². The summed E-state index contributed by atoms with van der Waals surface area (Å²) in [5, 5.41) is 79.7. The molecule has 10 nitrogen and oxygen atoms in total. The Labute approximate surface area is 325 Å². The van der Waals surface area contributed by atoms with Gasteiger partial charge < -0.3 is 50.7 Å². The maximum absolute atomic E-state index is 12.5. The number of hydrogen-bond acceptors (Lipinski definition) is 10. The normalized spacial score (nSPS) is 19.2. The first kappa shape index (κ1) is 37.1. The van der Waals surface area contributed by atoms with E-state index in [2.05, 4.69) is 24.5 Å². The lowest BCUT2D eigenvalue weighted by atomic mass is 9.80. The van der Waals surface area contributed by atoms with E-state index >= 15 is 0 Å². The van der Waals surface area contributed by atoms with E-state index < -0.39 is 0 Å². The summed E-state index contributed by atoms with van der Waals surface area (Å²) in [5.41, 5.74) is 7.27. The van der Waals surface area contributed by atoms with E-state index in [0.717, 1.165) is 22.3 Å². The van der Waals surface area contributed by atoms with Gasteiger partial charge in [-0.2, -0.15) is 0 Å². The number of methoxy groups -OCH3 is 2. The number of aryl methyl sites for hydroxylation is 2. The zero-order chi connectivity index (χ0) is 40.1. The van der Waals surface area contributed by atoms with E-state index in [1.165, 1.54) is 26.4 Å². The van der Waals surface area contributed by atoms with Crippen LogP contribution in [0.5, 0.6) is 46.0 Å². The maximum atomic E-state index is 12.5. The average molecular weight is 757 g/mol. The quantitative estimate of drug-likeness (QED) is 0.0852. The Morgan fingerprint density at radius 3 is 1.23 bits per heavy atom. The van der Waals surface area contributed by atoms with Gasteiger partial charge in [-0.25, -0.2) is 0 Å². The van der Waals surface area contributed by atoms with Gasteiger partial charge in [0, 0.05) is 69.7 Å². The Balaban J connectivity index is 1.55. The third-order valence-electron chi connectivity index (χ3n) is 11.7. The van der Waals surface area contributed by atoms with Crippen molar-refractivity contribution >= 4 is 21.5 Å². The van der Waals surface area contributed by atoms with Crippen molar-refractivity contribution in [1.29, 1.82) is 0 Å². The maximum Gasteiger partial charge on any atom is 0.135 e. The number of ether oxygens (including phenoxy) is 2. The Morgan fingerprint density at radius 1 is 0.500 bits per heavy atom. The molecular formula is C46H48N2O8. The Kier molecular flexibility index (Phi) is 8.89. The van der Waals surface area contributed by atoms with Crippen LogP contribution in [0.3, 0.4) is 0 Å². The van der Waals surface area contributed by atoms with E-state index in [1.807, 2.05) is 52.0 Å². The third-order valence-corrected chi connectivity index (χ3v) is 11.7. The highest BCUT2D eigenvalue weighted by Crippen LogP contribution is 2.56. The molecule has 0 aromatic heterocycles. The van der Waals surface area contributed by atoms with E-state index in [4.69, 9.17) is 9.47 Å². The molecular weight excluding hydrogens is 709 g/mol. The van der Waals surface area contributed by atoms with E-state index in [1.54, 1.807) is 12.1 Å². The second-order valence-electron chi connectivity index (χ2n) is 15.8. The number of benzene rings is 6. The molecule has 0 aliphatic carbocycles. The van der Waals surface area contributed by atoms with Gasteiger partial charge in [-0.15, -0.1) is 0 Å². The molecule has 2 aliphatic rings. The lowest BCUT2D eigenvalue weighted by Crippen LogP contribution is -2.36. The summed E-state index contributed by atoms with van der Waals surface area (Å²) in [7, 11) is 3.06. The third kappa shape index (κ3) is 5.61. The van der Waals surface area contributed by atoms with Crippen LogP contribution in [-0.2, 0) is 12.8 Å². The molecule has 2 aliphatic heterocycles. The molecule has 2 unspecified atom stereocenters. The van der Waals surface area contributed by atoms with Crippen LogP contribution in [0.2, 0.25) is 0 Å². The van der Waals surface area contributed by atoms with Crippen LogP contribution < -0.4 is 20.1 Å². The van der Waals surface area contributed by atoms with Gasteiger partial charge >= 0.3 is 0 Å². The molecule has 2 heterocycles. The van der Waals surface area contributed by atoms with Crippen LogP contribution in [0.25, 0.3) is 54.9 Å². The predicted octanol–water partition coefficient (Wildman–Crippen LogP) is 9.05. The molecule has 0 radical (unpaired) electrons. The molecule has 10 heteroatoms. The minimum atomic E-state index is -0.209. The molecule has 56 heavy (non-hydrogen) atoms. The summed E-state index contributed by atoms with van der Waals surface area (Å²) < 4.78 is 11.8. The summed E-state index contributed by atoms with van der Waals surface area (Å²) >= 11 is 0. The van der Waals surface area contributed by atoms with Crippen LogP contribution in [0.15, 0.2) is 48.5 Å². The molecule has 0 saturated heterocycles. The van der Waals surface area contributed by atoms with Gasteiger partial charge in [0.25, 0.3) is 0 Å². The number of phenols is 6. The van der Waals surface area contributed by atoms with Gasteiger partial charge in [0.2, 0.25) is 0 Å². The van der Waals surface area contributed by atoms with Crippen molar-refractivity contribution in [3.63, 3.8) is 0 Å². The van der Waals surface area contributed by atoms with Crippen LogP contribution in [0.4, 0.5) is 0 Å². The fourth-order valence-electron chi connectivity index (χ4n) is 9.60. The van der Waals surface area contributed by atoms with E-state index in [0.29, 0.717) is 79.3 Å². The monoisotopic (exact) mass is 756 g/mol. The summed E-state index contributed by atoms with van der Waals surface area (Å²) in [6.07, 6.45) is 1.02. The number of rotatable bonds is 5. The highest BCUT2D eigenvalue weighted by atomic mass is 16.5. The Hall–Kier alpha value is -5.84. The zero-order valence-electron chi connectivity index (χ0n) is 32.8. The summed E-state index contributed by atoms with van der Waals surface area (Å²) in [6, 6.07) is 13.4. The number of hydrogen-bond donors (Lipinski definition) is 8. The van der Waals surface area contributed by atoms with Gasteiger partial charge in [-0.3, -0.25) is 0 Å². The van der Waals surface area contributed by atoms with Crippen molar-refractivity contribution in [3.05, 3.63) is 81.9 Å². The summed E-state index contributed by atoms with van der Waals surface area (Å²) in [5.74, 6) is 0.187. The minimum Gasteiger partial charge on any atom is -0.507 e. The first-order chi connectivity index (χ1) is 26.6. The Morgan fingerprint density at radius 2 is 0.875 bits per heavy atom. The van der Waals surface area contributed by atoms with Crippen molar-refractivity contribution in [2.75, 3.05) is 14.2 Å². The summed E-state index contributed by atoms with van der Waals surface area (Å²) in [4.78, 5) is 0. The molecule has 8 N–H and O–H groups in total. The fraction of sp³-hybridized carbons (Fsp3) is 0.304. The second kappa shape index (κ2) is 13.4. The SMILES string of the molecule is COc1cc(C)cc2c(-c3c(O)cc(O)c4c3CC(C)N[C@H]4C)cc(-c3cc(-c4c(O)cc(O)c5c4CC(C)N[C@H]5C)c4cc(C)cc(OC)c4c3O)c(O)c12. The van der Waals surface area contributed by atoms with Crippen molar-refractivity contribution in [3.8, 4) is 79.4 Å². The van der Waals surface area contributed by atoms with Crippen molar-refractivity contribution in [1.82, 2.24) is 10.6 Å². The summed E-state index contributed by atoms with van der Waals surface area (Å²) in [6.45, 7) is 11.9. The molecule has 0 bridgehead atoms. The van der Waals surface area contributed by atoms with Crippen LogP contribution in [0.1, 0.15) is 73.2 Å². The predicted molar refractivity (Wildman–Crippen MR) is 220 cm³/mol. The van der Waals surface area contributed by atoms with Gasteiger partial charge in [0.05, 0.1) is 25.0 Å². The molecule has 6 aromatic rings. The number of nitrogens with one attached hydrogen (secondary N) is 2. The highest BCUT2D eigenvalue weighted by Gasteiger charge is 2.33. The largest absolute Gasteiger partial charge is 0.507 e. The molecule has 0 spiro atoms. The van der Waals surface area contributed by atoms with Crippen molar-refractivity contribution in [2.24, 2.45) is 0 Å². The minimum absolute atomic E-state index is 0.0136. The van der Waals surface area contributed by atoms with Crippen LogP contribution >= 0.6 is 0 Å². The molecule has 0 saturated carbocycles. The molecule has 4 atom stereocenters. The topological polar surface area (TPSA) is 164 Å². The van der Waals surface area contributed by atoms with Crippen molar-refractivity contribution < 1.29 is 40.1 Å². The van der Waals surface area contributed by atoms with Crippen LogP contribution in [0, 0.1) is 13.8 Å². The van der Waals surface area contributed by atoms with Gasteiger partial charge in [0.15, 0.2) is 0 Å². The average Bonchev–Trinajstić information content (AvgIpc) is 3.11.